The van der Waals surface area contributed by atoms with E-state index in [-0.39, 0.29) is 11.7 Å². The molecule has 5 nitrogen and oxygen atoms in total. The number of nitrogens with one attached hydrogen (secondary N) is 1. The zero-order valence-electron chi connectivity index (χ0n) is 19.9. The van der Waals surface area contributed by atoms with Gasteiger partial charge in [-0.15, -0.1) is 0 Å². The van der Waals surface area contributed by atoms with Crippen LogP contribution >= 0.6 is 0 Å². The molecule has 1 aromatic heterocycles. The van der Waals surface area contributed by atoms with Crippen LogP contribution in [0.5, 0.6) is 5.75 Å². The van der Waals surface area contributed by atoms with Gasteiger partial charge in [0.2, 0.25) is 0 Å². The van der Waals surface area contributed by atoms with Crippen LogP contribution in [0.15, 0.2) is 66.7 Å². The first-order valence-corrected chi connectivity index (χ1v) is 11.2. The van der Waals surface area contributed by atoms with Gasteiger partial charge in [0.25, 0.3) is 5.91 Å². The van der Waals surface area contributed by atoms with Crippen LogP contribution in [0.25, 0.3) is 0 Å². The van der Waals surface area contributed by atoms with Crippen molar-refractivity contribution in [1.82, 2.24) is 9.78 Å². The minimum absolute atomic E-state index is 0.231. The molecule has 3 aromatic carbocycles. The molecule has 0 fully saturated rings. The zero-order chi connectivity index (χ0) is 24.2. The minimum Gasteiger partial charge on any atom is -0.489 e. The topological polar surface area (TPSA) is 56.1 Å². The van der Waals surface area contributed by atoms with Crippen LogP contribution in [0.1, 0.15) is 44.0 Å². The molecule has 0 saturated carbocycles. The van der Waals surface area contributed by atoms with Crippen LogP contribution in [0, 0.1) is 33.5 Å². The average molecular weight is 458 g/mol. The van der Waals surface area contributed by atoms with Gasteiger partial charge in [0.05, 0.1) is 23.6 Å². The Hall–Kier alpha value is -3.93. The summed E-state index contributed by atoms with van der Waals surface area (Å²) in [6.07, 6.45) is 0. The van der Waals surface area contributed by atoms with E-state index in [9.17, 15) is 9.18 Å². The number of rotatable bonds is 7. The standard InChI is InChI=1S/C28H28FN3O2/c1-18-12-13-19(2)26(14-18)34-17-22-8-7-10-23(15-22)28(33)30-27-20(3)31-32(21(27)4)16-24-9-5-6-11-25(24)29/h5-15H,16-17H2,1-4H3,(H,30,33). The van der Waals surface area contributed by atoms with Crippen molar-refractivity contribution < 1.29 is 13.9 Å². The molecule has 0 unspecified atom stereocenters. The maximum absolute atomic E-state index is 14.1. The lowest BCUT2D eigenvalue weighted by Gasteiger charge is -2.11. The number of nitrogens with zero attached hydrogens (tertiary/aromatic N) is 2. The van der Waals surface area contributed by atoms with Crippen molar-refractivity contribution in [2.45, 2.75) is 40.8 Å². The van der Waals surface area contributed by atoms with Gasteiger partial charge >= 0.3 is 0 Å². The molecular weight excluding hydrogens is 429 g/mol. The third kappa shape index (κ3) is 5.17. The third-order valence-electron chi connectivity index (χ3n) is 5.83. The van der Waals surface area contributed by atoms with Crippen molar-refractivity contribution in [1.29, 1.82) is 0 Å². The van der Waals surface area contributed by atoms with Gasteiger partial charge in [0, 0.05) is 11.1 Å². The second-order valence-corrected chi connectivity index (χ2v) is 8.51. The number of halogens is 1. The Kier molecular flexibility index (Phi) is 6.77. The van der Waals surface area contributed by atoms with Crippen molar-refractivity contribution in [2.24, 2.45) is 0 Å². The third-order valence-corrected chi connectivity index (χ3v) is 5.83. The SMILES string of the molecule is Cc1ccc(C)c(OCc2cccc(C(=O)Nc3c(C)nn(Cc4ccccc4F)c3C)c2)c1. The van der Waals surface area contributed by atoms with Crippen molar-refractivity contribution in [2.75, 3.05) is 5.32 Å². The number of aryl methyl sites for hydroxylation is 3. The lowest BCUT2D eigenvalue weighted by molar-refractivity contribution is 0.102. The molecule has 174 valence electrons. The fourth-order valence-electron chi connectivity index (χ4n) is 3.83. The van der Waals surface area contributed by atoms with Crippen molar-refractivity contribution in [3.05, 3.63) is 112 Å². The monoisotopic (exact) mass is 457 g/mol. The zero-order valence-corrected chi connectivity index (χ0v) is 19.9. The predicted octanol–water partition coefficient (Wildman–Crippen LogP) is 6.14. The van der Waals surface area contributed by atoms with Gasteiger partial charge in [0.15, 0.2) is 0 Å². The van der Waals surface area contributed by atoms with Gasteiger partial charge in [-0.25, -0.2) is 4.39 Å². The summed E-state index contributed by atoms with van der Waals surface area (Å²) in [5, 5.41) is 7.48. The number of anilines is 1. The first-order valence-electron chi connectivity index (χ1n) is 11.2. The second kappa shape index (κ2) is 9.91. The lowest BCUT2D eigenvalue weighted by Crippen LogP contribution is -2.14. The molecule has 4 rings (SSSR count). The molecule has 34 heavy (non-hydrogen) atoms. The molecule has 0 bridgehead atoms. The van der Waals surface area contributed by atoms with Crippen LogP contribution in [-0.4, -0.2) is 15.7 Å². The molecule has 0 aliphatic rings. The Bertz CT molecular complexity index is 1340. The van der Waals surface area contributed by atoms with Crippen molar-refractivity contribution in [3.8, 4) is 5.75 Å². The van der Waals surface area contributed by atoms with Crippen LogP contribution in [0.2, 0.25) is 0 Å². The van der Waals surface area contributed by atoms with Gasteiger partial charge in [-0.1, -0.05) is 42.5 Å². The normalized spacial score (nSPS) is 10.9. The van der Waals surface area contributed by atoms with E-state index in [2.05, 4.69) is 16.5 Å². The summed E-state index contributed by atoms with van der Waals surface area (Å²) in [4.78, 5) is 13.0. The van der Waals surface area contributed by atoms with Gasteiger partial charge in [-0.05, 0) is 68.7 Å². The summed E-state index contributed by atoms with van der Waals surface area (Å²) >= 11 is 0. The Balaban J connectivity index is 1.47. The van der Waals surface area contributed by atoms with E-state index in [0.717, 1.165) is 28.1 Å². The molecule has 1 heterocycles. The van der Waals surface area contributed by atoms with Crippen LogP contribution < -0.4 is 10.1 Å². The van der Waals surface area contributed by atoms with Crippen LogP contribution in [-0.2, 0) is 13.2 Å². The van der Waals surface area contributed by atoms with Gasteiger partial charge < -0.3 is 10.1 Å². The summed E-state index contributed by atoms with van der Waals surface area (Å²) in [5.41, 5.74) is 6.26. The number of carbonyl (C=O) groups excluding carboxylic acids is 1. The highest BCUT2D eigenvalue weighted by atomic mass is 19.1. The fourth-order valence-corrected chi connectivity index (χ4v) is 3.83. The quantitative estimate of drug-likeness (QED) is 0.363. The van der Waals surface area contributed by atoms with E-state index in [4.69, 9.17) is 4.74 Å². The van der Waals surface area contributed by atoms with Crippen molar-refractivity contribution >= 4 is 11.6 Å². The molecule has 1 amide bonds. The van der Waals surface area contributed by atoms with Gasteiger partial charge in [-0.2, -0.15) is 5.10 Å². The number of hydrogen-bond acceptors (Lipinski definition) is 3. The molecular formula is C28H28FN3O2. The van der Waals surface area contributed by atoms with E-state index < -0.39 is 0 Å². The van der Waals surface area contributed by atoms with Gasteiger partial charge in [0.1, 0.15) is 18.2 Å². The highest BCUT2D eigenvalue weighted by molar-refractivity contribution is 6.05. The molecule has 1 N–H and O–H groups in total. The van der Waals surface area contributed by atoms with Gasteiger partial charge in [-0.3, -0.25) is 9.48 Å². The minimum atomic E-state index is -0.277. The summed E-state index contributed by atoms with van der Waals surface area (Å²) in [6.45, 7) is 8.39. The van der Waals surface area contributed by atoms with E-state index in [0.29, 0.717) is 35.7 Å². The smallest absolute Gasteiger partial charge is 0.255 e. The summed E-state index contributed by atoms with van der Waals surface area (Å²) < 4.78 is 21.8. The lowest BCUT2D eigenvalue weighted by atomic mass is 10.1. The van der Waals surface area contributed by atoms with E-state index in [1.165, 1.54) is 6.07 Å². The summed E-state index contributed by atoms with van der Waals surface area (Å²) in [5.74, 6) is 0.328. The number of benzene rings is 3. The van der Waals surface area contributed by atoms with Crippen LogP contribution in [0.4, 0.5) is 10.1 Å². The Morgan fingerprint density at radius 3 is 2.59 bits per heavy atom. The molecule has 0 radical (unpaired) electrons. The first kappa shape index (κ1) is 23.2. The Morgan fingerprint density at radius 2 is 1.79 bits per heavy atom. The number of carbonyl (C=O) groups is 1. The molecule has 0 spiro atoms. The van der Waals surface area contributed by atoms with Crippen LogP contribution in [0.3, 0.4) is 0 Å². The molecule has 0 atom stereocenters. The highest BCUT2D eigenvalue weighted by Crippen LogP contribution is 2.23. The fraction of sp³-hybridized carbons (Fsp3) is 0.214. The van der Waals surface area contributed by atoms with E-state index in [1.807, 2.05) is 58.0 Å². The highest BCUT2D eigenvalue weighted by Gasteiger charge is 2.16. The van der Waals surface area contributed by atoms with Crippen molar-refractivity contribution in [3.63, 3.8) is 0 Å². The number of amides is 1. The molecule has 6 heteroatoms. The maximum Gasteiger partial charge on any atom is 0.255 e. The molecule has 4 aromatic rings. The Morgan fingerprint density at radius 1 is 1.00 bits per heavy atom. The molecule has 0 aliphatic carbocycles. The maximum atomic E-state index is 14.1. The predicted molar refractivity (Wildman–Crippen MR) is 132 cm³/mol. The summed E-state index contributed by atoms with van der Waals surface area (Å²) in [7, 11) is 0. The second-order valence-electron chi connectivity index (χ2n) is 8.51. The number of aromatic nitrogens is 2. The van der Waals surface area contributed by atoms with E-state index in [1.54, 1.807) is 28.9 Å². The number of hydrogen-bond donors (Lipinski definition) is 1. The average Bonchev–Trinajstić information content (AvgIpc) is 3.08. The first-order chi connectivity index (χ1) is 16.3. The molecule has 0 saturated heterocycles. The summed E-state index contributed by atoms with van der Waals surface area (Å²) in [6, 6.07) is 20.1. The largest absolute Gasteiger partial charge is 0.489 e. The molecule has 0 aliphatic heterocycles. The number of ether oxygens (including phenoxy) is 1. The van der Waals surface area contributed by atoms with E-state index >= 15 is 0 Å². The Labute approximate surface area is 199 Å².